The van der Waals surface area contributed by atoms with Crippen LogP contribution in [0.5, 0.6) is 11.5 Å². The van der Waals surface area contributed by atoms with E-state index in [4.69, 9.17) is 9.72 Å². The van der Waals surface area contributed by atoms with Gasteiger partial charge < -0.3 is 26.0 Å². The number of nitrogens with one attached hydrogen (secondary N) is 4. The van der Waals surface area contributed by atoms with Gasteiger partial charge in [-0.3, -0.25) is 19.7 Å². The van der Waals surface area contributed by atoms with Crippen LogP contribution in [0.2, 0.25) is 0 Å². The Morgan fingerprint density at radius 2 is 1.93 bits per heavy atom. The highest BCUT2D eigenvalue weighted by Crippen LogP contribution is 2.39. The molecule has 0 spiro atoms. The van der Waals surface area contributed by atoms with Gasteiger partial charge in [-0.1, -0.05) is 6.07 Å². The summed E-state index contributed by atoms with van der Waals surface area (Å²) >= 11 is 1.48. The first-order valence-corrected chi connectivity index (χ1v) is 15.2. The minimum atomic E-state index is -0.582. The zero-order valence-electron chi connectivity index (χ0n) is 24.0. The number of pyridine rings is 2. The molecule has 3 aromatic heterocycles. The number of thiophene rings is 1. The maximum Gasteiger partial charge on any atom is 0.319 e. The van der Waals surface area contributed by atoms with Crippen molar-refractivity contribution in [2.24, 2.45) is 5.92 Å². The molecular weight excluding hydrogens is 569 g/mol. The SMILES string of the molecule is CNC(=O)C1CCN(Cc2ccc(-c3cc4nccc(Oc5ccc(NC(=O)NC6CC6)cc5F)c4s3)nc2)C(NC)C1. The number of benzene rings is 1. The Bertz CT molecular complexity index is 1630. The van der Waals surface area contributed by atoms with Gasteiger partial charge >= 0.3 is 6.03 Å². The number of aromatic nitrogens is 2. The van der Waals surface area contributed by atoms with E-state index in [0.717, 1.165) is 65.1 Å². The summed E-state index contributed by atoms with van der Waals surface area (Å²) < 4.78 is 21.7. The maximum atomic E-state index is 14.9. The number of halogens is 1. The number of rotatable bonds is 9. The molecule has 2 atom stereocenters. The minimum absolute atomic E-state index is 0.0207. The Labute approximate surface area is 253 Å². The summed E-state index contributed by atoms with van der Waals surface area (Å²) in [5.74, 6) is 0.0796. The number of piperidine rings is 1. The van der Waals surface area contributed by atoms with E-state index in [9.17, 15) is 14.0 Å². The summed E-state index contributed by atoms with van der Waals surface area (Å²) in [5.41, 5.74) is 2.98. The van der Waals surface area contributed by atoms with Crippen molar-refractivity contribution >= 4 is 39.2 Å². The third-order valence-electron chi connectivity index (χ3n) is 7.82. The van der Waals surface area contributed by atoms with E-state index in [-0.39, 0.29) is 35.8 Å². The molecule has 12 heteroatoms. The fourth-order valence-electron chi connectivity index (χ4n) is 5.33. The monoisotopic (exact) mass is 603 g/mol. The lowest BCUT2D eigenvalue weighted by molar-refractivity contribution is -0.127. The molecule has 4 aromatic rings. The number of fused-ring (bicyclic) bond motifs is 1. The molecule has 10 nitrogen and oxygen atoms in total. The number of hydrogen-bond acceptors (Lipinski definition) is 8. The highest BCUT2D eigenvalue weighted by Gasteiger charge is 2.31. The number of hydrogen-bond donors (Lipinski definition) is 4. The van der Waals surface area contributed by atoms with Crippen LogP contribution < -0.4 is 26.0 Å². The van der Waals surface area contributed by atoms with E-state index < -0.39 is 5.82 Å². The standard InChI is InChI=1S/C31H34FN7O3S/c1-33-28-13-19(30(40)34-2)10-12-39(28)17-18-3-7-23(36-16-18)27-15-24-29(43-27)26(9-11-35-24)42-25-8-6-21(14-22(25)32)38-31(41)37-20-4-5-20/h3,6-9,11,14-16,19-20,28,33H,4-5,10,12-13,17H2,1-2H3,(H,34,40)(H2,37,38,41). The molecule has 4 heterocycles. The number of urea groups is 1. The van der Waals surface area contributed by atoms with Gasteiger partial charge in [0.2, 0.25) is 5.91 Å². The number of amides is 3. The number of likely N-dealkylation sites (tertiary alicyclic amines) is 1. The first-order chi connectivity index (χ1) is 20.9. The second kappa shape index (κ2) is 12.6. The molecule has 1 saturated carbocycles. The predicted octanol–water partition coefficient (Wildman–Crippen LogP) is 5.08. The molecule has 43 heavy (non-hydrogen) atoms. The third-order valence-corrected chi connectivity index (χ3v) is 8.99. The molecule has 1 aromatic carbocycles. The smallest absolute Gasteiger partial charge is 0.319 e. The summed E-state index contributed by atoms with van der Waals surface area (Å²) in [7, 11) is 3.61. The van der Waals surface area contributed by atoms with E-state index in [1.165, 1.54) is 23.5 Å². The number of carbonyl (C=O) groups is 2. The zero-order chi connectivity index (χ0) is 29.9. The van der Waals surface area contributed by atoms with E-state index in [0.29, 0.717) is 11.4 Å². The number of carbonyl (C=O) groups excluding carboxylic acids is 2. The maximum absolute atomic E-state index is 14.9. The average Bonchev–Trinajstić information content (AvgIpc) is 3.72. The van der Waals surface area contributed by atoms with Crippen molar-refractivity contribution in [1.29, 1.82) is 0 Å². The fraction of sp³-hybridized carbons (Fsp3) is 0.355. The zero-order valence-corrected chi connectivity index (χ0v) is 24.8. The number of ether oxygens (including phenoxy) is 1. The van der Waals surface area contributed by atoms with E-state index in [2.05, 4.69) is 37.2 Å². The predicted molar refractivity (Wildman–Crippen MR) is 165 cm³/mol. The van der Waals surface area contributed by atoms with Gasteiger partial charge in [-0.25, -0.2) is 9.18 Å². The second-order valence-electron chi connectivity index (χ2n) is 10.9. The Kier molecular flexibility index (Phi) is 8.50. The highest BCUT2D eigenvalue weighted by molar-refractivity contribution is 7.22. The summed E-state index contributed by atoms with van der Waals surface area (Å²) in [6.07, 6.45) is 7.17. The number of anilines is 1. The molecule has 1 aliphatic carbocycles. The van der Waals surface area contributed by atoms with Crippen LogP contribution in [0.4, 0.5) is 14.9 Å². The van der Waals surface area contributed by atoms with Gasteiger partial charge in [0, 0.05) is 62.3 Å². The molecular formula is C31H34FN7O3S. The Hall–Kier alpha value is -4.13. The van der Waals surface area contributed by atoms with Gasteiger partial charge in [0.1, 0.15) is 5.75 Å². The Morgan fingerprint density at radius 1 is 1.07 bits per heavy atom. The molecule has 2 aliphatic rings. The molecule has 6 rings (SSSR count). The van der Waals surface area contributed by atoms with Gasteiger partial charge in [0.15, 0.2) is 11.6 Å². The molecule has 1 aliphatic heterocycles. The lowest BCUT2D eigenvalue weighted by Gasteiger charge is -2.38. The average molecular weight is 604 g/mol. The minimum Gasteiger partial charge on any atom is -0.453 e. The van der Waals surface area contributed by atoms with Crippen molar-refractivity contribution in [2.75, 3.05) is 26.0 Å². The largest absolute Gasteiger partial charge is 0.453 e. The normalized spacial score (nSPS) is 18.8. The van der Waals surface area contributed by atoms with E-state index in [1.54, 1.807) is 25.4 Å². The topological polar surface area (TPSA) is 121 Å². The molecule has 4 N–H and O–H groups in total. The van der Waals surface area contributed by atoms with Crippen molar-refractivity contribution in [1.82, 2.24) is 30.8 Å². The van der Waals surface area contributed by atoms with Gasteiger partial charge in [0.05, 0.1) is 27.0 Å². The van der Waals surface area contributed by atoms with Crippen molar-refractivity contribution in [2.45, 2.75) is 44.4 Å². The lowest BCUT2D eigenvalue weighted by atomic mass is 9.93. The van der Waals surface area contributed by atoms with Gasteiger partial charge in [0.25, 0.3) is 0 Å². The highest BCUT2D eigenvalue weighted by atomic mass is 32.1. The van der Waals surface area contributed by atoms with Crippen LogP contribution in [0.3, 0.4) is 0 Å². The fourth-order valence-corrected chi connectivity index (χ4v) is 6.37. The summed E-state index contributed by atoms with van der Waals surface area (Å²) in [5, 5.41) is 11.6. The summed E-state index contributed by atoms with van der Waals surface area (Å²) in [6.45, 7) is 1.56. The Morgan fingerprint density at radius 3 is 2.65 bits per heavy atom. The van der Waals surface area contributed by atoms with Crippen LogP contribution in [0.15, 0.2) is 54.9 Å². The van der Waals surface area contributed by atoms with Crippen molar-refractivity contribution < 1.29 is 18.7 Å². The first kappa shape index (κ1) is 29.0. The van der Waals surface area contributed by atoms with Crippen LogP contribution in [0, 0.1) is 11.7 Å². The molecule has 224 valence electrons. The summed E-state index contributed by atoms with van der Waals surface area (Å²) in [4.78, 5) is 36.6. The molecule has 1 saturated heterocycles. The Balaban J connectivity index is 1.13. The quantitative estimate of drug-likeness (QED) is 0.211. The van der Waals surface area contributed by atoms with E-state index in [1.807, 2.05) is 25.4 Å². The number of nitrogens with zero attached hydrogens (tertiary/aromatic N) is 3. The second-order valence-corrected chi connectivity index (χ2v) is 12.0. The van der Waals surface area contributed by atoms with Crippen molar-refractivity contribution in [3.8, 4) is 22.1 Å². The van der Waals surface area contributed by atoms with Crippen LogP contribution in [-0.2, 0) is 11.3 Å². The van der Waals surface area contributed by atoms with Gasteiger partial charge in [-0.2, -0.15) is 0 Å². The van der Waals surface area contributed by atoms with Gasteiger partial charge in [-0.15, -0.1) is 11.3 Å². The third kappa shape index (κ3) is 6.76. The molecule has 2 unspecified atom stereocenters. The molecule has 3 amide bonds. The molecule has 2 fully saturated rings. The van der Waals surface area contributed by atoms with Gasteiger partial charge in [-0.05, 0) is 62.6 Å². The van der Waals surface area contributed by atoms with Crippen LogP contribution in [0.1, 0.15) is 31.2 Å². The van der Waals surface area contributed by atoms with Crippen LogP contribution in [-0.4, -0.2) is 59.7 Å². The molecule has 0 bridgehead atoms. The van der Waals surface area contributed by atoms with Crippen LogP contribution in [0.25, 0.3) is 20.8 Å². The van der Waals surface area contributed by atoms with Crippen molar-refractivity contribution in [3.63, 3.8) is 0 Å². The van der Waals surface area contributed by atoms with E-state index >= 15 is 0 Å². The van der Waals surface area contributed by atoms with Crippen molar-refractivity contribution in [3.05, 3.63) is 66.2 Å². The molecule has 0 radical (unpaired) electrons. The first-order valence-electron chi connectivity index (χ1n) is 14.4. The lowest BCUT2D eigenvalue weighted by Crippen LogP contribution is -2.51. The van der Waals surface area contributed by atoms with Crippen LogP contribution >= 0.6 is 11.3 Å². The summed E-state index contributed by atoms with van der Waals surface area (Å²) in [6, 6.07) is 12.0.